The van der Waals surface area contributed by atoms with Crippen molar-refractivity contribution in [2.45, 2.75) is 52.0 Å². The van der Waals surface area contributed by atoms with Crippen molar-refractivity contribution in [2.75, 3.05) is 19.6 Å². The Bertz CT molecular complexity index is 879. The first-order chi connectivity index (χ1) is 14.7. The first-order valence-corrected chi connectivity index (χ1v) is 10.7. The van der Waals surface area contributed by atoms with Crippen molar-refractivity contribution in [3.05, 3.63) is 71.8 Å². The molecule has 1 atom stereocenters. The van der Waals surface area contributed by atoms with Crippen LogP contribution in [0.3, 0.4) is 0 Å². The molecule has 0 aromatic heterocycles. The van der Waals surface area contributed by atoms with Crippen LogP contribution >= 0.6 is 0 Å². The van der Waals surface area contributed by atoms with Crippen molar-refractivity contribution in [3.8, 4) is 0 Å². The number of hydrogen-bond acceptors (Lipinski definition) is 5. The van der Waals surface area contributed by atoms with E-state index in [0.29, 0.717) is 19.6 Å². The number of carbonyl (C=O) groups is 2. The molecule has 1 amide bonds. The lowest BCUT2D eigenvalue weighted by Gasteiger charge is -2.47. The highest BCUT2D eigenvalue weighted by Gasteiger charge is 2.47. The summed E-state index contributed by atoms with van der Waals surface area (Å²) in [6.45, 7) is 9.40. The van der Waals surface area contributed by atoms with E-state index in [1.165, 1.54) is 0 Å². The van der Waals surface area contributed by atoms with Crippen LogP contribution in [0, 0.1) is 0 Å². The monoisotopic (exact) mass is 424 g/mol. The molecule has 1 aliphatic rings. The topological polar surface area (TPSA) is 59.1 Å². The SMILES string of the molecule is CC(C)(C)OC(=O)N1CCN(Cc2ccccc2)C(C)(C(=O)OCc2ccccc2)C1. The molecule has 0 radical (unpaired) electrons. The summed E-state index contributed by atoms with van der Waals surface area (Å²) in [6.07, 6.45) is -0.408. The van der Waals surface area contributed by atoms with Crippen LogP contribution in [-0.2, 0) is 27.4 Å². The average Bonchev–Trinajstić information content (AvgIpc) is 2.73. The fraction of sp³-hybridized carbons (Fsp3) is 0.440. The minimum atomic E-state index is -0.986. The Morgan fingerprint density at radius 1 is 0.935 bits per heavy atom. The Kier molecular flexibility index (Phi) is 7.01. The van der Waals surface area contributed by atoms with E-state index in [-0.39, 0.29) is 19.1 Å². The maximum absolute atomic E-state index is 13.3. The molecule has 0 N–H and O–H groups in total. The second-order valence-corrected chi connectivity index (χ2v) is 9.14. The van der Waals surface area contributed by atoms with Gasteiger partial charge in [0.05, 0.1) is 6.54 Å². The van der Waals surface area contributed by atoms with Gasteiger partial charge in [0.15, 0.2) is 0 Å². The summed E-state index contributed by atoms with van der Waals surface area (Å²) < 4.78 is 11.3. The molecule has 1 fully saturated rings. The molecule has 0 saturated carbocycles. The lowest BCUT2D eigenvalue weighted by atomic mass is 9.95. The van der Waals surface area contributed by atoms with Gasteiger partial charge < -0.3 is 14.4 Å². The van der Waals surface area contributed by atoms with Crippen LogP contribution in [0.2, 0.25) is 0 Å². The average molecular weight is 425 g/mol. The molecular weight excluding hydrogens is 392 g/mol. The van der Waals surface area contributed by atoms with Gasteiger partial charge in [-0.15, -0.1) is 0 Å². The van der Waals surface area contributed by atoms with Gasteiger partial charge in [0.2, 0.25) is 0 Å². The quantitative estimate of drug-likeness (QED) is 0.672. The van der Waals surface area contributed by atoms with Crippen LogP contribution in [0.5, 0.6) is 0 Å². The van der Waals surface area contributed by atoms with Crippen LogP contribution in [0.15, 0.2) is 60.7 Å². The van der Waals surface area contributed by atoms with Crippen molar-refractivity contribution in [2.24, 2.45) is 0 Å². The second-order valence-electron chi connectivity index (χ2n) is 9.14. The molecule has 0 aliphatic carbocycles. The predicted octanol–water partition coefficient (Wildman–Crippen LogP) is 4.24. The number of rotatable bonds is 5. The van der Waals surface area contributed by atoms with E-state index in [1.807, 2.05) is 88.4 Å². The summed E-state index contributed by atoms with van der Waals surface area (Å²) in [7, 11) is 0. The third kappa shape index (κ3) is 6.07. The van der Waals surface area contributed by atoms with Gasteiger partial charge in [-0.1, -0.05) is 60.7 Å². The Morgan fingerprint density at radius 3 is 2.10 bits per heavy atom. The van der Waals surface area contributed by atoms with E-state index in [4.69, 9.17) is 9.47 Å². The first-order valence-electron chi connectivity index (χ1n) is 10.7. The molecule has 1 aliphatic heterocycles. The van der Waals surface area contributed by atoms with E-state index in [2.05, 4.69) is 4.90 Å². The Morgan fingerprint density at radius 2 is 1.52 bits per heavy atom. The van der Waals surface area contributed by atoms with Crippen LogP contribution in [0.25, 0.3) is 0 Å². The van der Waals surface area contributed by atoms with E-state index in [0.717, 1.165) is 11.1 Å². The van der Waals surface area contributed by atoms with Gasteiger partial charge in [0.1, 0.15) is 17.7 Å². The number of esters is 1. The Balaban J connectivity index is 1.78. The highest BCUT2D eigenvalue weighted by molar-refractivity contribution is 5.82. The Hall–Kier alpha value is -2.86. The summed E-state index contributed by atoms with van der Waals surface area (Å²) in [5.74, 6) is -0.347. The molecular formula is C25H32N2O4. The molecule has 2 aromatic carbocycles. The van der Waals surface area contributed by atoms with Gasteiger partial charge in [-0.25, -0.2) is 9.59 Å². The zero-order valence-electron chi connectivity index (χ0n) is 18.8. The van der Waals surface area contributed by atoms with Crippen molar-refractivity contribution in [1.82, 2.24) is 9.80 Å². The van der Waals surface area contributed by atoms with Crippen molar-refractivity contribution in [3.63, 3.8) is 0 Å². The largest absolute Gasteiger partial charge is 0.459 e. The first kappa shape index (κ1) is 22.8. The number of amides is 1. The van der Waals surface area contributed by atoms with Gasteiger partial charge >= 0.3 is 12.1 Å². The summed E-state index contributed by atoms with van der Waals surface area (Å²) >= 11 is 0. The zero-order chi connectivity index (χ0) is 22.5. The van der Waals surface area contributed by atoms with Crippen molar-refractivity contribution >= 4 is 12.1 Å². The van der Waals surface area contributed by atoms with Gasteiger partial charge in [-0.2, -0.15) is 0 Å². The molecule has 0 spiro atoms. The highest BCUT2D eigenvalue weighted by atomic mass is 16.6. The lowest BCUT2D eigenvalue weighted by molar-refractivity contribution is -0.163. The molecule has 6 heteroatoms. The van der Waals surface area contributed by atoms with Crippen molar-refractivity contribution in [1.29, 1.82) is 0 Å². The fourth-order valence-electron chi connectivity index (χ4n) is 3.65. The lowest BCUT2D eigenvalue weighted by Crippen LogP contribution is -2.65. The maximum atomic E-state index is 13.3. The fourth-order valence-corrected chi connectivity index (χ4v) is 3.65. The molecule has 1 heterocycles. The molecule has 31 heavy (non-hydrogen) atoms. The number of piperazine rings is 1. The minimum absolute atomic E-state index is 0.195. The van der Waals surface area contributed by atoms with E-state index >= 15 is 0 Å². The van der Waals surface area contributed by atoms with Gasteiger partial charge in [-0.3, -0.25) is 4.90 Å². The smallest absolute Gasteiger partial charge is 0.410 e. The van der Waals surface area contributed by atoms with E-state index < -0.39 is 17.2 Å². The second kappa shape index (κ2) is 9.52. The molecule has 166 valence electrons. The number of hydrogen-bond donors (Lipinski definition) is 0. The molecule has 1 saturated heterocycles. The van der Waals surface area contributed by atoms with E-state index in [9.17, 15) is 9.59 Å². The molecule has 0 bridgehead atoms. The molecule has 3 rings (SSSR count). The number of nitrogens with zero attached hydrogens (tertiary/aromatic N) is 2. The van der Waals surface area contributed by atoms with E-state index in [1.54, 1.807) is 4.90 Å². The van der Waals surface area contributed by atoms with Crippen LogP contribution in [-0.4, -0.2) is 52.6 Å². The summed E-state index contributed by atoms with van der Waals surface area (Å²) in [4.78, 5) is 29.7. The Labute approximate surface area is 184 Å². The predicted molar refractivity (Wildman–Crippen MR) is 119 cm³/mol. The molecule has 2 aromatic rings. The number of ether oxygens (including phenoxy) is 2. The van der Waals surface area contributed by atoms with Gasteiger partial charge in [0.25, 0.3) is 0 Å². The van der Waals surface area contributed by atoms with Crippen LogP contribution in [0.4, 0.5) is 4.79 Å². The van der Waals surface area contributed by atoms with Gasteiger partial charge in [-0.05, 0) is 38.8 Å². The van der Waals surface area contributed by atoms with Crippen LogP contribution in [0.1, 0.15) is 38.8 Å². The molecule has 1 unspecified atom stereocenters. The number of benzene rings is 2. The zero-order valence-corrected chi connectivity index (χ0v) is 18.8. The summed E-state index contributed by atoms with van der Waals surface area (Å²) in [6, 6.07) is 19.6. The summed E-state index contributed by atoms with van der Waals surface area (Å²) in [5.41, 5.74) is 0.451. The maximum Gasteiger partial charge on any atom is 0.410 e. The third-order valence-electron chi connectivity index (χ3n) is 5.36. The normalized spacial score (nSPS) is 19.7. The minimum Gasteiger partial charge on any atom is -0.459 e. The van der Waals surface area contributed by atoms with Crippen molar-refractivity contribution < 1.29 is 19.1 Å². The standard InChI is InChI=1S/C25H32N2O4/c1-24(2,3)31-23(29)26-15-16-27(17-20-11-7-5-8-12-20)25(4,19-26)22(28)30-18-21-13-9-6-10-14-21/h5-14H,15-19H2,1-4H3. The number of carbonyl (C=O) groups excluding carboxylic acids is 2. The van der Waals surface area contributed by atoms with Crippen LogP contribution < -0.4 is 0 Å². The molecule has 6 nitrogen and oxygen atoms in total. The highest BCUT2D eigenvalue weighted by Crippen LogP contribution is 2.27. The van der Waals surface area contributed by atoms with Gasteiger partial charge in [0, 0.05) is 19.6 Å². The third-order valence-corrected chi connectivity index (χ3v) is 5.36. The summed E-state index contributed by atoms with van der Waals surface area (Å²) in [5, 5.41) is 0.